The standard InChI is InChI=1S/C13H10FNS/c14-12-1-2-13-11(7-12)3-5-15(13)8-10-4-6-16-9-10/h1-7,9H,8H2. The zero-order chi connectivity index (χ0) is 11.0. The molecule has 1 nitrogen and oxygen atoms in total. The molecule has 3 aromatic rings. The van der Waals surface area contributed by atoms with Gasteiger partial charge in [-0.3, -0.25) is 0 Å². The molecular formula is C13H10FNS. The summed E-state index contributed by atoms with van der Waals surface area (Å²) in [6.07, 6.45) is 2.00. The van der Waals surface area contributed by atoms with Crippen molar-refractivity contribution in [3.05, 3.63) is 58.7 Å². The van der Waals surface area contributed by atoms with Crippen molar-refractivity contribution >= 4 is 22.2 Å². The molecule has 2 aromatic heterocycles. The van der Waals surface area contributed by atoms with Crippen LogP contribution in [0.2, 0.25) is 0 Å². The smallest absolute Gasteiger partial charge is 0.123 e. The van der Waals surface area contributed by atoms with Crippen molar-refractivity contribution in [3.8, 4) is 0 Å². The lowest BCUT2D eigenvalue weighted by atomic mass is 10.2. The number of halogens is 1. The molecule has 0 radical (unpaired) electrons. The molecule has 2 heterocycles. The Hall–Kier alpha value is -1.61. The Labute approximate surface area is 96.8 Å². The minimum absolute atomic E-state index is 0.180. The summed E-state index contributed by atoms with van der Waals surface area (Å²) in [5.74, 6) is -0.180. The summed E-state index contributed by atoms with van der Waals surface area (Å²) in [5.41, 5.74) is 2.36. The fourth-order valence-electron chi connectivity index (χ4n) is 1.89. The molecular weight excluding hydrogens is 221 g/mol. The third-order valence-corrected chi connectivity index (χ3v) is 3.40. The van der Waals surface area contributed by atoms with E-state index in [9.17, 15) is 4.39 Å². The van der Waals surface area contributed by atoms with Gasteiger partial charge < -0.3 is 4.57 Å². The molecule has 1 aromatic carbocycles. The predicted molar refractivity (Wildman–Crippen MR) is 65.3 cm³/mol. The Morgan fingerprint density at radius 3 is 2.94 bits per heavy atom. The highest BCUT2D eigenvalue weighted by Gasteiger charge is 2.02. The highest BCUT2D eigenvalue weighted by molar-refractivity contribution is 7.07. The van der Waals surface area contributed by atoms with Crippen LogP contribution >= 0.6 is 11.3 Å². The van der Waals surface area contributed by atoms with Gasteiger partial charge in [0.15, 0.2) is 0 Å². The quantitative estimate of drug-likeness (QED) is 0.630. The van der Waals surface area contributed by atoms with Crippen LogP contribution in [0.4, 0.5) is 4.39 Å². The summed E-state index contributed by atoms with van der Waals surface area (Å²) in [6.45, 7) is 0.846. The van der Waals surface area contributed by atoms with Crippen molar-refractivity contribution in [1.82, 2.24) is 4.57 Å². The second-order valence-electron chi connectivity index (χ2n) is 3.78. The van der Waals surface area contributed by atoms with E-state index in [4.69, 9.17) is 0 Å². The first-order valence-electron chi connectivity index (χ1n) is 5.08. The molecule has 3 heteroatoms. The molecule has 0 amide bonds. The van der Waals surface area contributed by atoms with Crippen molar-refractivity contribution < 1.29 is 4.39 Å². The van der Waals surface area contributed by atoms with E-state index in [-0.39, 0.29) is 5.82 Å². The molecule has 0 N–H and O–H groups in total. The number of nitrogens with zero attached hydrogens (tertiary/aromatic N) is 1. The minimum atomic E-state index is -0.180. The number of aromatic nitrogens is 1. The summed E-state index contributed by atoms with van der Waals surface area (Å²) >= 11 is 1.70. The topological polar surface area (TPSA) is 4.93 Å². The van der Waals surface area contributed by atoms with Gasteiger partial charge in [-0.1, -0.05) is 0 Å². The molecule has 0 unspecified atom stereocenters. The van der Waals surface area contributed by atoms with Gasteiger partial charge in [0.2, 0.25) is 0 Å². The lowest BCUT2D eigenvalue weighted by Gasteiger charge is -2.03. The molecule has 0 saturated heterocycles. The fourth-order valence-corrected chi connectivity index (χ4v) is 2.55. The second kappa shape index (κ2) is 3.76. The molecule has 0 fully saturated rings. The zero-order valence-corrected chi connectivity index (χ0v) is 9.38. The summed E-state index contributed by atoms with van der Waals surface area (Å²) in [4.78, 5) is 0. The zero-order valence-electron chi connectivity index (χ0n) is 8.56. The molecule has 0 aliphatic rings. The van der Waals surface area contributed by atoms with E-state index in [1.807, 2.05) is 18.3 Å². The average molecular weight is 231 g/mol. The number of hydrogen-bond acceptors (Lipinski definition) is 1. The van der Waals surface area contributed by atoms with Crippen LogP contribution in [0.25, 0.3) is 10.9 Å². The highest BCUT2D eigenvalue weighted by Crippen LogP contribution is 2.19. The van der Waals surface area contributed by atoms with E-state index in [1.54, 1.807) is 17.4 Å². The predicted octanol–water partition coefficient (Wildman–Crippen LogP) is 3.89. The molecule has 0 atom stereocenters. The van der Waals surface area contributed by atoms with Gasteiger partial charge in [-0.05, 0) is 46.7 Å². The van der Waals surface area contributed by atoms with Crippen LogP contribution in [0, 0.1) is 5.82 Å². The molecule has 3 rings (SSSR count). The van der Waals surface area contributed by atoms with Crippen LogP contribution < -0.4 is 0 Å². The molecule has 0 bridgehead atoms. The monoisotopic (exact) mass is 231 g/mol. The van der Waals surface area contributed by atoms with Gasteiger partial charge in [0.05, 0.1) is 0 Å². The minimum Gasteiger partial charge on any atom is -0.343 e. The van der Waals surface area contributed by atoms with Gasteiger partial charge in [-0.15, -0.1) is 0 Å². The summed E-state index contributed by atoms with van der Waals surface area (Å²) in [6, 6.07) is 8.97. The summed E-state index contributed by atoms with van der Waals surface area (Å²) in [7, 11) is 0. The number of thiophene rings is 1. The number of fused-ring (bicyclic) bond motifs is 1. The maximum Gasteiger partial charge on any atom is 0.123 e. The van der Waals surface area contributed by atoms with E-state index in [0.29, 0.717) is 0 Å². The number of hydrogen-bond donors (Lipinski definition) is 0. The van der Waals surface area contributed by atoms with E-state index < -0.39 is 0 Å². The van der Waals surface area contributed by atoms with Crippen molar-refractivity contribution in [3.63, 3.8) is 0 Å². The Bertz CT molecular complexity index is 610. The van der Waals surface area contributed by atoms with E-state index >= 15 is 0 Å². The van der Waals surface area contributed by atoms with Crippen LogP contribution in [0.5, 0.6) is 0 Å². The van der Waals surface area contributed by atoms with Gasteiger partial charge in [-0.2, -0.15) is 11.3 Å². The SMILES string of the molecule is Fc1ccc2c(ccn2Cc2ccsc2)c1. The van der Waals surface area contributed by atoms with Gasteiger partial charge in [0.1, 0.15) is 5.82 Å². The lowest BCUT2D eigenvalue weighted by molar-refractivity contribution is 0.629. The fraction of sp³-hybridized carbons (Fsp3) is 0.0769. The van der Waals surface area contributed by atoms with Crippen molar-refractivity contribution in [2.45, 2.75) is 6.54 Å². The largest absolute Gasteiger partial charge is 0.343 e. The van der Waals surface area contributed by atoms with Gasteiger partial charge >= 0.3 is 0 Å². The van der Waals surface area contributed by atoms with Crippen molar-refractivity contribution in [2.24, 2.45) is 0 Å². The lowest BCUT2D eigenvalue weighted by Crippen LogP contribution is -1.95. The Balaban J connectivity index is 2.04. The van der Waals surface area contributed by atoms with Crippen LogP contribution in [-0.2, 0) is 6.54 Å². The Morgan fingerprint density at radius 1 is 1.19 bits per heavy atom. The third kappa shape index (κ3) is 1.63. The van der Waals surface area contributed by atoms with Crippen LogP contribution in [0.15, 0.2) is 47.3 Å². The highest BCUT2D eigenvalue weighted by atomic mass is 32.1. The first kappa shape index (κ1) is 9.60. The van der Waals surface area contributed by atoms with Gasteiger partial charge in [-0.25, -0.2) is 4.39 Å². The number of rotatable bonds is 2. The normalized spacial score (nSPS) is 11.1. The molecule has 0 aliphatic carbocycles. The molecule has 0 aliphatic heterocycles. The van der Waals surface area contributed by atoms with Crippen LogP contribution in [0.3, 0.4) is 0 Å². The molecule has 80 valence electrons. The average Bonchev–Trinajstić information content (AvgIpc) is 2.89. The first-order valence-corrected chi connectivity index (χ1v) is 6.03. The maximum atomic E-state index is 13.0. The Morgan fingerprint density at radius 2 is 2.12 bits per heavy atom. The second-order valence-corrected chi connectivity index (χ2v) is 4.56. The Kier molecular flexibility index (Phi) is 2.26. The van der Waals surface area contributed by atoms with E-state index in [2.05, 4.69) is 21.4 Å². The van der Waals surface area contributed by atoms with Crippen molar-refractivity contribution in [2.75, 3.05) is 0 Å². The van der Waals surface area contributed by atoms with Gasteiger partial charge in [0.25, 0.3) is 0 Å². The maximum absolute atomic E-state index is 13.0. The van der Waals surface area contributed by atoms with Crippen molar-refractivity contribution in [1.29, 1.82) is 0 Å². The van der Waals surface area contributed by atoms with Crippen LogP contribution in [-0.4, -0.2) is 4.57 Å². The number of benzene rings is 1. The van der Waals surface area contributed by atoms with E-state index in [1.165, 1.54) is 11.6 Å². The summed E-state index contributed by atoms with van der Waals surface area (Å²) in [5, 5.41) is 5.16. The first-order chi connectivity index (χ1) is 7.83. The van der Waals surface area contributed by atoms with Crippen LogP contribution in [0.1, 0.15) is 5.56 Å². The molecule has 0 spiro atoms. The summed E-state index contributed by atoms with van der Waals surface area (Å²) < 4.78 is 15.2. The molecule has 0 saturated carbocycles. The van der Waals surface area contributed by atoms with Gasteiger partial charge in [0, 0.05) is 23.6 Å². The van der Waals surface area contributed by atoms with E-state index in [0.717, 1.165) is 17.4 Å². The molecule has 16 heavy (non-hydrogen) atoms. The third-order valence-electron chi connectivity index (χ3n) is 2.67.